The number of carbonyl (C=O) groups is 1. The Hall–Kier alpha value is -2.56. The smallest absolute Gasteiger partial charge is 0.287 e. The molecule has 1 aromatic carbocycles. The normalized spacial score (nSPS) is 13.9. The zero-order valence-electron chi connectivity index (χ0n) is 12.7. The van der Waals surface area contributed by atoms with E-state index in [1.54, 1.807) is 12.1 Å². The third-order valence-electron chi connectivity index (χ3n) is 3.95. The number of hydrogen-bond acceptors (Lipinski definition) is 3. The van der Waals surface area contributed by atoms with Crippen LogP contribution in [0.15, 0.2) is 47.1 Å². The van der Waals surface area contributed by atoms with Crippen LogP contribution in [0.5, 0.6) is 0 Å². The highest BCUT2D eigenvalue weighted by Crippen LogP contribution is 2.25. The molecule has 5 heteroatoms. The second-order valence-corrected chi connectivity index (χ2v) is 5.45. The van der Waals surface area contributed by atoms with Crippen LogP contribution in [0.3, 0.4) is 0 Å². The third kappa shape index (κ3) is 2.74. The highest BCUT2D eigenvalue weighted by atomic mass is 16.3. The molecule has 0 aliphatic carbocycles. The van der Waals surface area contributed by atoms with E-state index in [0.29, 0.717) is 5.76 Å². The molecule has 2 aromatic heterocycles. The lowest BCUT2D eigenvalue weighted by Gasteiger charge is -2.21. The lowest BCUT2D eigenvalue weighted by molar-refractivity contribution is 0.0892. The standard InChI is InChI=1S/C17H19N3O2/c1-3-11(2)15(20-17(21)14-9-6-10-22-14)16-18-12-7-4-5-8-13(12)19-16/h4-11,15H,3H2,1-2H3,(H,18,19)(H,20,21)/t11-,15+/m1/s1. The number of imidazole rings is 1. The van der Waals surface area contributed by atoms with Crippen molar-refractivity contribution < 1.29 is 9.21 Å². The molecular formula is C17H19N3O2. The van der Waals surface area contributed by atoms with Crippen molar-refractivity contribution in [1.82, 2.24) is 15.3 Å². The van der Waals surface area contributed by atoms with E-state index in [9.17, 15) is 4.79 Å². The Kier molecular flexibility index (Phi) is 3.96. The Morgan fingerprint density at radius 3 is 2.82 bits per heavy atom. The molecule has 0 fully saturated rings. The van der Waals surface area contributed by atoms with Crippen LogP contribution in [-0.4, -0.2) is 15.9 Å². The number of nitrogens with one attached hydrogen (secondary N) is 2. The minimum absolute atomic E-state index is 0.185. The second-order valence-electron chi connectivity index (χ2n) is 5.45. The van der Waals surface area contributed by atoms with Crippen LogP contribution in [-0.2, 0) is 0 Å². The average Bonchev–Trinajstić information content (AvgIpc) is 3.20. The van der Waals surface area contributed by atoms with Gasteiger partial charge >= 0.3 is 0 Å². The van der Waals surface area contributed by atoms with E-state index >= 15 is 0 Å². The van der Waals surface area contributed by atoms with Gasteiger partial charge in [-0.3, -0.25) is 4.79 Å². The van der Waals surface area contributed by atoms with Crippen LogP contribution in [0.2, 0.25) is 0 Å². The lowest BCUT2D eigenvalue weighted by atomic mass is 9.98. The molecule has 2 heterocycles. The van der Waals surface area contributed by atoms with Crippen molar-refractivity contribution in [3.05, 3.63) is 54.2 Å². The van der Waals surface area contributed by atoms with E-state index < -0.39 is 0 Å². The summed E-state index contributed by atoms with van der Waals surface area (Å²) in [5.74, 6) is 1.11. The first-order valence-corrected chi connectivity index (χ1v) is 7.48. The minimum atomic E-state index is -0.226. The Morgan fingerprint density at radius 1 is 1.32 bits per heavy atom. The van der Waals surface area contributed by atoms with Gasteiger partial charge in [0.1, 0.15) is 5.82 Å². The molecule has 0 saturated heterocycles. The number of carbonyl (C=O) groups excluding carboxylic acids is 1. The van der Waals surface area contributed by atoms with E-state index in [4.69, 9.17) is 4.42 Å². The van der Waals surface area contributed by atoms with Crippen molar-refractivity contribution in [1.29, 1.82) is 0 Å². The van der Waals surface area contributed by atoms with Crippen molar-refractivity contribution in [3.63, 3.8) is 0 Å². The maximum absolute atomic E-state index is 12.3. The van der Waals surface area contributed by atoms with Crippen LogP contribution in [0, 0.1) is 5.92 Å². The van der Waals surface area contributed by atoms with Gasteiger partial charge in [0.05, 0.1) is 23.3 Å². The second kappa shape index (κ2) is 6.05. The number of fused-ring (bicyclic) bond motifs is 1. The van der Waals surface area contributed by atoms with Crippen molar-refractivity contribution >= 4 is 16.9 Å². The summed E-state index contributed by atoms with van der Waals surface area (Å²) < 4.78 is 5.16. The summed E-state index contributed by atoms with van der Waals surface area (Å²) in [7, 11) is 0. The molecule has 114 valence electrons. The zero-order chi connectivity index (χ0) is 15.5. The first kappa shape index (κ1) is 14.4. The molecule has 1 amide bonds. The number of aromatic amines is 1. The highest BCUT2D eigenvalue weighted by Gasteiger charge is 2.24. The fourth-order valence-electron chi connectivity index (χ4n) is 2.46. The molecule has 0 spiro atoms. The van der Waals surface area contributed by atoms with Crippen LogP contribution in [0.1, 0.15) is 42.7 Å². The predicted octanol–water partition coefficient (Wildman–Crippen LogP) is 3.67. The van der Waals surface area contributed by atoms with E-state index in [-0.39, 0.29) is 17.9 Å². The van der Waals surface area contributed by atoms with Crippen LogP contribution >= 0.6 is 0 Å². The monoisotopic (exact) mass is 297 g/mol. The number of hydrogen-bond donors (Lipinski definition) is 2. The van der Waals surface area contributed by atoms with Crippen LogP contribution in [0.4, 0.5) is 0 Å². The topological polar surface area (TPSA) is 70.9 Å². The van der Waals surface area contributed by atoms with Gasteiger partial charge in [0.15, 0.2) is 5.76 Å². The summed E-state index contributed by atoms with van der Waals surface area (Å²) in [6.45, 7) is 4.19. The summed E-state index contributed by atoms with van der Waals surface area (Å²) in [6, 6.07) is 11.0. The average molecular weight is 297 g/mol. The van der Waals surface area contributed by atoms with E-state index in [2.05, 4.69) is 29.1 Å². The maximum atomic E-state index is 12.3. The maximum Gasteiger partial charge on any atom is 0.287 e. The van der Waals surface area contributed by atoms with Crippen LogP contribution < -0.4 is 5.32 Å². The number of amides is 1. The molecule has 0 unspecified atom stereocenters. The fourth-order valence-corrected chi connectivity index (χ4v) is 2.46. The highest BCUT2D eigenvalue weighted by molar-refractivity contribution is 5.91. The molecule has 5 nitrogen and oxygen atoms in total. The lowest BCUT2D eigenvalue weighted by Crippen LogP contribution is -2.33. The number of para-hydroxylation sites is 2. The third-order valence-corrected chi connectivity index (χ3v) is 3.95. The van der Waals surface area contributed by atoms with Crippen molar-refractivity contribution in [2.24, 2.45) is 5.92 Å². The summed E-state index contributed by atoms with van der Waals surface area (Å²) in [5.41, 5.74) is 1.87. The van der Waals surface area contributed by atoms with Gasteiger partial charge in [-0.2, -0.15) is 0 Å². The number of rotatable bonds is 5. The minimum Gasteiger partial charge on any atom is -0.459 e. The molecule has 0 aliphatic heterocycles. The Labute approximate surface area is 128 Å². The Bertz CT molecular complexity index is 728. The largest absolute Gasteiger partial charge is 0.459 e. The Morgan fingerprint density at radius 2 is 2.14 bits per heavy atom. The van der Waals surface area contributed by atoms with Gasteiger partial charge in [0, 0.05) is 0 Å². The summed E-state index contributed by atoms with van der Waals surface area (Å²) in [4.78, 5) is 20.2. The van der Waals surface area contributed by atoms with Crippen molar-refractivity contribution in [2.45, 2.75) is 26.3 Å². The number of furan rings is 1. The molecule has 3 rings (SSSR count). The first-order valence-electron chi connectivity index (χ1n) is 7.48. The number of H-pyrrole nitrogens is 1. The van der Waals surface area contributed by atoms with Crippen molar-refractivity contribution in [2.75, 3.05) is 0 Å². The molecule has 22 heavy (non-hydrogen) atoms. The number of benzene rings is 1. The van der Waals surface area contributed by atoms with Gasteiger partial charge < -0.3 is 14.7 Å². The molecule has 2 atom stereocenters. The van der Waals surface area contributed by atoms with E-state index in [0.717, 1.165) is 23.3 Å². The van der Waals surface area contributed by atoms with E-state index in [1.165, 1.54) is 6.26 Å². The molecular weight excluding hydrogens is 278 g/mol. The number of aromatic nitrogens is 2. The molecule has 2 N–H and O–H groups in total. The van der Waals surface area contributed by atoms with Gasteiger partial charge in [-0.05, 0) is 30.2 Å². The predicted molar refractivity (Wildman–Crippen MR) is 84.5 cm³/mol. The van der Waals surface area contributed by atoms with Gasteiger partial charge in [0.2, 0.25) is 0 Å². The van der Waals surface area contributed by atoms with Gasteiger partial charge in [-0.25, -0.2) is 4.98 Å². The molecule has 3 aromatic rings. The quantitative estimate of drug-likeness (QED) is 0.754. The molecule has 0 aliphatic rings. The van der Waals surface area contributed by atoms with Crippen molar-refractivity contribution in [3.8, 4) is 0 Å². The SMILES string of the molecule is CC[C@@H](C)[C@H](NC(=O)c1ccco1)c1nc2ccccc2[nH]1. The molecule has 0 bridgehead atoms. The summed E-state index contributed by atoms with van der Waals surface area (Å²) >= 11 is 0. The molecule has 0 radical (unpaired) electrons. The fraction of sp³-hybridized carbons (Fsp3) is 0.294. The van der Waals surface area contributed by atoms with E-state index in [1.807, 2.05) is 24.3 Å². The van der Waals surface area contributed by atoms with Gasteiger partial charge in [-0.15, -0.1) is 0 Å². The first-order chi connectivity index (χ1) is 10.7. The zero-order valence-corrected chi connectivity index (χ0v) is 12.7. The van der Waals surface area contributed by atoms with Gasteiger partial charge in [0.25, 0.3) is 5.91 Å². The number of nitrogens with zero attached hydrogens (tertiary/aromatic N) is 1. The van der Waals surface area contributed by atoms with Crippen LogP contribution in [0.25, 0.3) is 11.0 Å². The van der Waals surface area contributed by atoms with Gasteiger partial charge in [-0.1, -0.05) is 32.4 Å². The molecule has 0 saturated carbocycles. The summed E-state index contributed by atoms with van der Waals surface area (Å²) in [6.07, 6.45) is 2.43. The summed E-state index contributed by atoms with van der Waals surface area (Å²) in [5, 5.41) is 3.02. The Balaban J connectivity index is 1.90.